The first-order valence-corrected chi connectivity index (χ1v) is 10.8. The van der Waals surface area contributed by atoms with Crippen molar-refractivity contribution in [2.45, 2.75) is 26.7 Å². The second-order valence-electron chi connectivity index (χ2n) is 7.57. The summed E-state index contributed by atoms with van der Waals surface area (Å²) in [7, 11) is 5.07. The third-order valence-corrected chi connectivity index (χ3v) is 5.96. The number of imidazole rings is 1. The smallest absolute Gasteiger partial charge is 0.232 e. The lowest BCUT2D eigenvalue weighted by molar-refractivity contribution is -0.659. The first-order chi connectivity index (χ1) is 14.1. The van der Waals surface area contributed by atoms with Crippen molar-refractivity contribution < 1.29 is 4.57 Å². The van der Waals surface area contributed by atoms with Crippen molar-refractivity contribution >= 4 is 14.5 Å². The maximum atomic E-state index is 2.93. The van der Waals surface area contributed by atoms with Gasteiger partial charge in [0.15, 0.2) is 0 Å². The van der Waals surface area contributed by atoms with Crippen molar-refractivity contribution in [3.63, 3.8) is 0 Å². The van der Waals surface area contributed by atoms with Crippen LogP contribution in [0.5, 0.6) is 0 Å². The molecule has 0 saturated carbocycles. The first-order valence-electron chi connectivity index (χ1n) is 10.2. The molecular weight excluding hydrogens is 371 g/mol. The second-order valence-corrected chi connectivity index (χ2v) is 8.19. The zero-order valence-corrected chi connectivity index (χ0v) is 18.5. The molecule has 1 aromatic heterocycles. The summed E-state index contributed by atoms with van der Waals surface area (Å²) < 4.78 is 4.60. The number of nitrogens with zero attached hydrogens (tertiary/aromatic N) is 2. The van der Waals surface area contributed by atoms with Crippen LogP contribution in [-0.4, -0.2) is 4.57 Å². The van der Waals surface area contributed by atoms with Crippen molar-refractivity contribution in [3.05, 3.63) is 90.3 Å². The standard InChI is InChI=1S/C26H28N2P/c1-4-10-21-14-8-11-19(2)24(21)26-27(3)17-18-28(26)25-22(15-9-16-23(25)29)20-12-6-5-7-13-20/h5-9,11-18H,4,10,29H2,1-3H3/q+1. The summed E-state index contributed by atoms with van der Waals surface area (Å²) in [5.74, 6) is 1.22. The van der Waals surface area contributed by atoms with Gasteiger partial charge in [-0.25, -0.2) is 4.57 Å². The average Bonchev–Trinajstić information content (AvgIpc) is 3.09. The van der Waals surface area contributed by atoms with Crippen LogP contribution >= 0.6 is 9.24 Å². The van der Waals surface area contributed by atoms with Crippen LogP contribution in [-0.2, 0) is 13.5 Å². The van der Waals surface area contributed by atoms with Crippen molar-refractivity contribution in [1.82, 2.24) is 4.57 Å². The lowest BCUT2D eigenvalue weighted by Gasteiger charge is -2.14. The van der Waals surface area contributed by atoms with E-state index < -0.39 is 0 Å². The Morgan fingerprint density at radius 1 is 0.931 bits per heavy atom. The Hall–Kier alpha value is -2.70. The normalized spacial score (nSPS) is 11.0. The number of hydrogen-bond acceptors (Lipinski definition) is 0. The highest BCUT2D eigenvalue weighted by atomic mass is 31.0. The minimum absolute atomic E-state index is 1.08. The molecule has 0 spiro atoms. The summed E-state index contributed by atoms with van der Waals surface area (Å²) in [6.07, 6.45) is 6.56. The summed E-state index contributed by atoms with van der Waals surface area (Å²) in [5, 5.41) is 1.19. The average molecular weight is 399 g/mol. The first kappa shape index (κ1) is 19.6. The van der Waals surface area contributed by atoms with Gasteiger partial charge in [-0.2, -0.15) is 4.57 Å². The fraction of sp³-hybridized carbons (Fsp3) is 0.192. The summed E-state index contributed by atoms with van der Waals surface area (Å²) in [6.45, 7) is 4.47. The molecule has 0 fully saturated rings. The zero-order valence-electron chi connectivity index (χ0n) is 17.4. The molecule has 0 bridgehead atoms. The predicted molar refractivity (Wildman–Crippen MR) is 126 cm³/mol. The van der Waals surface area contributed by atoms with Gasteiger partial charge in [-0.1, -0.05) is 80.1 Å². The third-order valence-electron chi connectivity index (χ3n) is 5.50. The molecule has 3 heteroatoms. The molecule has 1 atom stereocenters. The van der Waals surface area contributed by atoms with Gasteiger partial charge >= 0.3 is 0 Å². The molecule has 3 aromatic carbocycles. The Bertz CT molecular complexity index is 1140. The van der Waals surface area contributed by atoms with Gasteiger partial charge in [-0.05, 0) is 30.0 Å². The molecule has 1 unspecified atom stereocenters. The van der Waals surface area contributed by atoms with E-state index in [0.29, 0.717) is 0 Å². The van der Waals surface area contributed by atoms with E-state index in [9.17, 15) is 0 Å². The molecular formula is C26H28N2P+. The van der Waals surface area contributed by atoms with Crippen LogP contribution in [0.3, 0.4) is 0 Å². The van der Waals surface area contributed by atoms with E-state index in [0.717, 1.165) is 12.8 Å². The molecule has 0 aliphatic carbocycles. The highest BCUT2D eigenvalue weighted by molar-refractivity contribution is 7.27. The maximum absolute atomic E-state index is 2.93. The number of aryl methyl sites for hydroxylation is 3. The minimum atomic E-state index is 1.08. The number of aromatic nitrogens is 2. The molecule has 0 amide bonds. The lowest BCUT2D eigenvalue weighted by atomic mass is 9.97. The van der Waals surface area contributed by atoms with Crippen LogP contribution in [0.2, 0.25) is 0 Å². The van der Waals surface area contributed by atoms with E-state index in [2.05, 4.69) is 118 Å². The molecule has 1 heterocycles. The quantitative estimate of drug-likeness (QED) is 0.314. The van der Waals surface area contributed by atoms with Crippen molar-refractivity contribution in [1.29, 1.82) is 0 Å². The molecule has 4 aromatic rings. The maximum Gasteiger partial charge on any atom is 0.294 e. The number of benzene rings is 3. The lowest BCUT2D eigenvalue weighted by Crippen LogP contribution is -2.30. The van der Waals surface area contributed by atoms with E-state index >= 15 is 0 Å². The Morgan fingerprint density at radius 2 is 1.69 bits per heavy atom. The Balaban J connectivity index is 2.01. The van der Waals surface area contributed by atoms with E-state index in [1.165, 1.54) is 44.6 Å². The Morgan fingerprint density at radius 3 is 2.45 bits per heavy atom. The Labute approximate surface area is 176 Å². The fourth-order valence-corrected chi connectivity index (χ4v) is 4.57. The van der Waals surface area contributed by atoms with Gasteiger partial charge in [0.2, 0.25) is 0 Å². The molecule has 146 valence electrons. The van der Waals surface area contributed by atoms with Gasteiger partial charge in [0.05, 0.1) is 12.6 Å². The van der Waals surface area contributed by atoms with E-state index in [4.69, 9.17) is 0 Å². The number of hydrogen-bond donors (Lipinski definition) is 0. The molecule has 0 radical (unpaired) electrons. The zero-order chi connectivity index (χ0) is 20.4. The van der Waals surface area contributed by atoms with E-state index in [1.807, 2.05) is 0 Å². The second kappa shape index (κ2) is 8.35. The van der Waals surface area contributed by atoms with Crippen LogP contribution in [0.15, 0.2) is 79.1 Å². The highest BCUT2D eigenvalue weighted by Crippen LogP contribution is 2.32. The van der Waals surface area contributed by atoms with Gasteiger partial charge in [-0.15, -0.1) is 9.24 Å². The van der Waals surface area contributed by atoms with Gasteiger partial charge in [0.1, 0.15) is 18.1 Å². The topological polar surface area (TPSA) is 8.81 Å². The van der Waals surface area contributed by atoms with Crippen LogP contribution in [0.1, 0.15) is 24.5 Å². The van der Waals surface area contributed by atoms with Gasteiger partial charge in [0, 0.05) is 10.9 Å². The molecule has 4 rings (SSSR count). The molecule has 29 heavy (non-hydrogen) atoms. The van der Waals surface area contributed by atoms with Crippen LogP contribution < -0.4 is 9.87 Å². The number of para-hydroxylation sites is 1. The summed E-state index contributed by atoms with van der Waals surface area (Å²) in [6, 6.07) is 23.8. The van der Waals surface area contributed by atoms with Crippen molar-refractivity contribution in [2.75, 3.05) is 0 Å². The highest BCUT2D eigenvalue weighted by Gasteiger charge is 2.26. The molecule has 0 aliphatic rings. The van der Waals surface area contributed by atoms with Crippen LogP contribution in [0, 0.1) is 6.92 Å². The summed E-state index contributed by atoms with van der Waals surface area (Å²) in [4.78, 5) is 0. The van der Waals surface area contributed by atoms with E-state index in [-0.39, 0.29) is 0 Å². The van der Waals surface area contributed by atoms with Crippen LogP contribution in [0.25, 0.3) is 28.2 Å². The molecule has 0 aliphatic heterocycles. The number of rotatable bonds is 5. The van der Waals surface area contributed by atoms with Crippen LogP contribution in [0.4, 0.5) is 0 Å². The molecule has 2 nitrogen and oxygen atoms in total. The summed E-state index contributed by atoms with van der Waals surface area (Å²) >= 11 is 0. The van der Waals surface area contributed by atoms with Crippen molar-refractivity contribution in [2.24, 2.45) is 7.05 Å². The third kappa shape index (κ3) is 3.66. The van der Waals surface area contributed by atoms with Crippen molar-refractivity contribution in [3.8, 4) is 28.2 Å². The SMILES string of the molecule is CCCc1cccc(C)c1-c1n(-c2c(P)cccc2-c2ccccc2)cc[n+]1C. The molecule has 0 N–H and O–H groups in total. The molecule has 0 saturated heterocycles. The minimum Gasteiger partial charge on any atom is -0.232 e. The fourth-order valence-electron chi connectivity index (χ4n) is 4.16. The van der Waals surface area contributed by atoms with Gasteiger partial charge < -0.3 is 0 Å². The van der Waals surface area contributed by atoms with E-state index in [1.54, 1.807) is 0 Å². The van der Waals surface area contributed by atoms with Gasteiger partial charge in [0.25, 0.3) is 5.82 Å². The summed E-state index contributed by atoms with van der Waals surface area (Å²) in [5.41, 5.74) is 7.74. The predicted octanol–water partition coefficient (Wildman–Crippen LogP) is 5.40. The van der Waals surface area contributed by atoms with Gasteiger partial charge in [-0.3, -0.25) is 0 Å². The Kier molecular flexibility index (Phi) is 5.65. The largest absolute Gasteiger partial charge is 0.294 e. The monoisotopic (exact) mass is 399 g/mol.